The summed E-state index contributed by atoms with van der Waals surface area (Å²) in [4.78, 5) is 13.6. The first kappa shape index (κ1) is 21.1. The molecule has 0 fully saturated rings. The van der Waals surface area contributed by atoms with E-state index in [2.05, 4.69) is 9.82 Å². The van der Waals surface area contributed by atoms with Crippen molar-refractivity contribution < 1.29 is 13.2 Å². The highest BCUT2D eigenvalue weighted by Gasteiger charge is 2.27. The zero-order valence-electron chi connectivity index (χ0n) is 18.1. The predicted octanol–water partition coefficient (Wildman–Crippen LogP) is 3.88. The first-order chi connectivity index (χ1) is 14.6. The average Bonchev–Trinajstić information content (AvgIpc) is 3.32. The molecule has 0 atom stereocenters. The zero-order chi connectivity index (χ0) is 22.4. The van der Waals surface area contributed by atoms with Gasteiger partial charge in [0.25, 0.3) is 10.0 Å². The van der Waals surface area contributed by atoms with Crippen molar-refractivity contribution in [2.75, 3.05) is 16.2 Å². The molecule has 1 aliphatic rings. The molecule has 1 amide bonds. The van der Waals surface area contributed by atoms with Crippen molar-refractivity contribution in [3.05, 3.63) is 65.9 Å². The van der Waals surface area contributed by atoms with Crippen molar-refractivity contribution in [2.45, 2.75) is 44.4 Å². The Kier molecular flexibility index (Phi) is 5.13. The van der Waals surface area contributed by atoms with E-state index < -0.39 is 10.0 Å². The normalized spacial score (nSPS) is 13.9. The number of rotatable bonds is 4. The fraction of sp³-hybridized carbons (Fsp3) is 0.304. The van der Waals surface area contributed by atoms with Crippen LogP contribution in [-0.2, 0) is 26.7 Å². The van der Waals surface area contributed by atoms with Crippen LogP contribution in [-0.4, -0.2) is 30.7 Å². The van der Waals surface area contributed by atoms with Gasteiger partial charge in [0.15, 0.2) is 0 Å². The smallest absolute Gasteiger partial charge is 0.263 e. The van der Waals surface area contributed by atoms with Gasteiger partial charge in [-0.2, -0.15) is 5.10 Å². The van der Waals surface area contributed by atoms with Crippen LogP contribution in [0.5, 0.6) is 0 Å². The molecule has 2 aromatic carbocycles. The molecule has 31 heavy (non-hydrogen) atoms. The maximum absolute atomic E-state index is 13.2. The molecule has 1 aromatic heterocycles. The summed E-state index contributed by atoms with van der Waals surface area (Å²) < 4.78 is 30.8. The molecule has 0 radical (unpaired) electrons. The quantitative estimate of drug-likeness (QED) is 0.670. The largest absolute Gasteiger partial charge is 0.312 e. The monoisotopic (exact) mass is 438 g/mol. The molecule has 4 rings (SSSR count). The van der Waals surface area contributed by atoms with Gasteiger partial charge in [-0.25, -0.2) is 13.1 Å². The first-order valence-corrected chi connectivity index (χ1v) is 11.6. The van der Waals surface area contributed by atoms with Crippen LogP contribution in [0.25, 0.3) is 5.69 Å². The molecule has 2 heterocycles. The molecule has 7 nitrogen and oxygen atoms in total. The number of carbonyl (C=O) groups is 1. The van der Waals surface area contributed by atoms with E-state index >= 15 is 0 Å². The second-order valence-corrected chi connectivity index (χ2v) is 10.4. The van der Waals surface area contributed by atoms with Crippen LogP contribution in [0, 0.1) is 0 Å². The minimum absolute atomic E-state index is 0.0473. The van der Waals surface area contributed by atoms with Crippen molar-refractivity contribution >= 4 is 27.4 Å². The van der Waals surface area contributed by atoms with E-state index in [-0.39, 0.29) is 16.2 Å². The van der Waals surface area contributed by atoms with Crippen molar-refractivity contribution in [3.8, 4) is 5.69 Å². The maximum atomic E-state index is 13.2. The Morgan fingerprint density at radius 3 is 2.42 bits per heavy atom. The summed E-state index contributed by atoms with van der Waals surface area (Å²) in [5.74, 6) is 0.330. The summed E-state index contributed by atoms with van der Waals surface area (Å²) >= 11 is 0. The predicted molar refractivity (Wildman–Crippen MR) is 121 cm³/mol. The molecule has 3 aromatic rings. The van der Waals surface area contributed by atoms with Gasteiger partial charge in [0.2, 0.25) is 5.91 Å². The fourth-order valence-corrected chi connectivity index (χ4v) is 4.74. The van der Waals surface area contributed by atoms with Crippen LogP contribution >= 0.6 is 0 Å². The molecule has 0 unspecified atom stereocenters. The lowest BCUT2D eigenvalue weighted by Gasteiger charge is -2.15. The SMILES string of the molecule is CC(=O)N1CCc2cc(S(=O)(=O)Nc3cc(C(C)(C)C)nn3-c3ccccc3)ccc21. The van der Waals surface area contributed by atoms with E-state index in [0.29, 0.717) is 18.8 Å². The fourth-order valence-electron chi connectivity index (χ4n) is 3.66. The van der Waals surface area contributed by atoms with Gasteiger partial charge in [-0.3, -0.25) is 9.52 Å². The number of hydrogen-bond donors (Lipinski definition) is 1. The standard InChI is InChI=1S/C23H26N4O3S/c1-16(28)26-13-12-17-14-19(10-11-20(17)26)31(29,30)25-22-15-21(23(2,3)4)24-27(22)18-8-6-5-7-9-18/h5-11,14-15,25H,12-13H2,1-4H3. The Morgan fingerprint density at radius 2 is 1.77 bits per heavy atom. The van der Waals surface area contributed by atoms with E-state index in [1.54, 1.807) is 27.8 Å². The first-order valence-electron chi connectivity index (χ1n) is 10.2. The zero-order valence-corrected chi connectivity index (χ0v) is 18.9. The third-order valence-corrected chi connectivity index (χ3v) is 6.71. The number of anilines is 2. The van der Waals surface area contributed by atoms with E-state index in [0.717, 1.165) is 22.6 Å². The summed E-state index contributed by atoms with van der Waals surface area (Å²) in [6.45, 7) is 8.18. The highest BCUT2D eigenvalue weighted by molar-refractivity contribution is 7.92. The summed E-state index contributed by atoms with van der Waals surface area (Å²) in [7, 11) is -3.85. The lowest BCUT2D eigenvalue weighted by molar-refractivity contribution is -0.116. The number of amides is 1. The number of fused-ring (bicyclic) bond motifs is 1. The Hall–Kier alpha value is -3.13. The molecule has 0 saturated carbocycles. The molecule has 0 spiro atoms. The van der Waals surface area contributed by atoms with Crippen molar-refractivity contribution in [2.24, 2.45) is 0 Å². The molecule has 0 saturated heterocycles. The molecule has 1 aliphatic heterocycles. The number of carbonyl (C=O) groups excluding carboxylic acids is 1. The molecule has 0 bridgehead atoms. The Morgan fingerprint density at radius 1 is 1.06 bits per heavy atom. The molecular weight excluding hydrogens is 412 g/mol. The number of sulfonamides is 1. The Bertz CT molecular complexity index is 1240. The van der Waals surface area contributed by atoms with Gasteiger partial charge in [-0.1, -0.05) is 39.0 Å². The summed E-state index contributed by atoms with van der Waals surface area (Å²) in [6, 6.07) is 16.1. The van der Waals surface area contributed by atoms with Gasteiger partial charge in [-0.15, -0.1) is 0 Å². The van der Waals surface area contributed by atoms with Gasteiger partial charge in [0.1, 0.15) is 5.82 Å². The molecule has 162 valence electrons. The number of aromatic nitrogens is 2. The summed E-state index contributed by atoms with van der Waals surface area (Å²) in [6.07, 6.45) is 0.633. The van der Waals surface area contributed by atoms with E-state index in [1.807, 2.05) is 51.1 Å². The molecule has 8 heteroatoms. The minimum Gasteiger partial charge on any atom is -0.312 e. The van der Waals surface area contributed by atoms with Gasteiger partial charge < -0.3 is 4.90 Å². The number of nitrogens with zero attached hydrogens (tertiary/aromatic N) is 3. The van der Waals surface area contributed by atoms with Crippen LogP contribution in [0.1, 0.15) is 39.0 Å². The number of benzene rings is 2. The lowest BCUT2D eigenvalue weighted by atomic mass is 9.92. The molecule has 1 N–H and O–H groups in total. The van der Waals surface area contributed by atoms with Crippen LogP contribution in [0.3, 0.4) is 0 Å². The summed E-state index contributed by atoms with van der Waals surface area (Å²) in [5.41, 5.74) is 2.92. The van der Waals surface area contributed by atoms with Gasteiger partial charge in [0.05, 0.1) is 16.3 Å². The Labute approximate surface area is 182 Å². The lowest BCUT2D eigenvalue weighted by Crippen LogP contribution is -2.25. The second kappa shape index (κ2) is 7.53. The minimum atomic E-state index is -3.85. The van der Waals surface area contributed by atoms with Crippen LogP contribution in [0.4, 0.5) is 11.5 Å². The van der Waals surface area contributed by atoms with Crippen LogP contribution in [0.2, 0.25) is 0 Å². The van der Waals surface area contributed by atoms with Crippen molar-refractivity contribution in [1.29, 1.82) is 0 Å². The maximum Gasteiger partial charge on any atom is 0.263 e. The van der Waals surface area contributed by atoms with Gasteiger partial charge >= 0.3 is 0 Å². The van der Waals surface area contributed by atoms with E-state index in [4.69, 9.17) is 0 Å². The van der Waals surface area contributed by atoms with Crippen LogP contribution < -0.4 is 9.62 Å². The van der Waals surface area contributed by atoms with Crippen molar-refractivity contribution in [3.63, 3.8) is 0 Å². The molecular formula is C23H26N4O3S. The number of para-hydroxylation sites is 1. The van der Waals surface area contributed by atoms with E-state index in [9.17, 15) is 13.2 Å². The van der Waals surface area contributed by atoms with Gasteiger partial charge in [0, 0.05) is 30.6 Å². The Balaban J connectivity index is 1.72. The highest BCUT2D eigenvalue weighted by Crippen LogP contribution is 2.32. The van der Waals surface area contributed by atoms with Crippen molar-refractivity contribution in [1.82, 2.24) is 9.78 Å². The third-order valence-electron chi connectivity index (χ3n) is 5.35. The van der Waals surface area contributed by atoms with E-state index in [1.165, 1.54) is 13.0 Å². The molecule has 0 aliphatic carbocycles. The third kappa shape index (κ3) is 4.07. The number of nitrogens with one attached hydrogen (secondary N) is 1. The highest BCUT2D eigenvalue weighted by atomic mass is 32.2. The topological polar surface area (TPSA) is 84.3 Å². The summed E-state index contributed by atoms with van der Waals surface area (Å²) in [5, 5.41) is 4.66. The average molecular weight is 439 g/mol. The van der Waals surface area contributed by atoms with Crippen LogP contribution in [0.15, 0.2) is 59.5 Å². The second-order valence-electron chi connectivity index (χ2n) is 8.73. The number of hydrogen-bond acceptors (Lipinski definition) is 4. The van der Waals surface area contributed by atoms with Gasteiger partial charge in [-0.05, 0) is 42.3 Å².